The molecule has 0 spiro atoms. The van der Waals surface area contributed by atoms with Crippen LogP contribution in [0.3, 0.4) is 0 Å². The Morgan fingerprint density at radius 1 is 1.37 bits per heavy atom. The normalized spacial score (nSPS) is 36.6. The molecule has 1 aliphatic carbocycles. The van der Waals surface area contributed by atoms with E-state index in [2.05, 4.69) is 30.0 Å². The maximum Gasteiger partial charge on any atom is 0.104 e. The van der Waals surface area contributed by atoms with Crippen LogP contribution in [0.15, 0.2) is 0 Å². The summed E-state index contributed by atoms with van der Waals surface area (Å²) in [6.45, 7) is 3.71. The van der Waals surface area contributed by atoms with Gasteiger partial charge in [0.2, 0.25) is 0 Å². The highest BCUT2D eigenvalue weighted by atomic mass is 15.1. The third-order valence-corrected chi connectivity index (χ3v) is 5.07. The highest BCUT2D eigenvalue weighted by Gasteiger charge is 2.33. The molecule has 1 saturated carbocycles. The Balaban J connectivity index is 1.70. The van der Waals surface area contributed by atoms with Crippen LogP contribution < -0.4 is 5.73 Å². The molecule has 4 nitrogen and oxygen atoms in total. The topological polar surface area (TPSA) is 56.3 Å². The van der Waals surface area contributed by atoms with Crippen LogP contribution in [-0.2, 0) is 0 Å². The van der Waals surface area contributed by atoms with Gasteiger partial charge in [-0.15, -0.1) is 0 Å². The second-order valence-corrected chi connectivity index (χ2v) is 6.69. The number of nitrogens with zero attached hydrogens (tertiary/aromatic N) is 3. The quantitative estimate of drug-likeness (QED) is 0.834. The van der Waals surface area contributed by atoms with Gasteiger partial charge in [0.1, 0.15) is 5.54 Å². The number of rotatable bonds is 4. The Labute approximate surface area is 117 Å². The van der Waals surface area contributed by atoms with Gasteiger partial charge in [0.15, 0.2) is 0 Å². The van der Waals surface area contributed by atoms with E-state index in [1.165, 1.54) is 32.5 Å². The highest BCUT2D eigenvalue weighted by molar-refractivity contribution is 5.07. The van der Waals surface area contributed by atoms with E-state index in [4.69, 9.17) is 11.0 Å². The Kier molecular flexibility index (Phi) is 4.83. The van der Waals surface area contributed by atoms with Crippen molar-refractivity contribution in [1.82, 2.24) is 9.80 Å². The zero-order valence-electron chi connectivity index (χ0n) is 12.4. The predicted molar refractivity (Wildman–Crippen MR) is 77.6 cm³/mol. The zero-order valence-corrected chi connectivity index (χ0v) is 12.4. The van der Waals surface area contributed by atoms with Gasteiger partial charge in [0.05, 0.1) is 6.07 Å². The molecule has 0 aromatic carbocycles. The molecule has 0 bridgehead atoms. The van der Waals surface area contributed by atoms with Crippen molar-refractivity contribution in [1.29, 1.82) is 5.26 Å². The summed E-state index contributed by atoms with van der Waals surface area (Å²) < 4.78 is 0. The predicted octanol–water partition coefficient (Wildman–Crippen LogP) is 1.42. The first-order valence-corrected chi connectivity index (χ1v) is 7.61. The van der Waals surface area contributed by atoms with Gasteiger partial charge < -0.3 is 15.5 Å². The lowest BCUT2D eigenvalue weighted by atomic mass is 9.80. The van der Waals surface area contributed by atoms with Gasteiger partial charge in [0.25, 0.3) is 0 Å². The van der Waals surface area contributed by atoms with Crippen LogP contribution in [-0.4, -0.2) is 55.1 Å². The molecule has 0 radical (unpaired) electrons. The smallest absolute Gasteiger partial charge is 0.104 e. The summed E-state index contributed by atoms with van der Waals surface area (Å²) in [5.41, 5.74) is 5.47. The monoisotopic (exact) mass is 264 g/mol. The number of nitrogens with two attached hydrogens (primary N) is 1. The van der Waals surface area contributed by atoms with Gasteiger partial charge in [-0.1, -0.05) is 0 Å². The number of hydrogen-bond acceptors (Lipinski definition) is 4. The lowest BCUT2D eigenvalue weighted by molar-refractivity contribution is 0.159. The van der Waals surface area contributed by atoms with Crippen molar-refractivity contribution in [3.05, 3.63) is 0 Å². The SMILES string of the molecule is CN1CCC(CCN(C)C2CCC(N)(C#N)CC2)C1. The van der Waals surface area contributed by atoms with Crippen LogP contribution in [0.2, 0.25) is 0 Å². The average Bonchev–Trinajstić information content (AvgIpc) is 2.83. The third-order valence-electron chi connectivity index (χ3n) is 5.07. The summed E-state index contributed by atoms with van der Waals surface area (Å²) in [7, 11) is 4.45. The minimum Gasteiger partial charge on any atom is -0.313 e. The average molecular weight is 264 g/mol. The minimum absolute atomic E-state index is 0.550. The third kappa shape index (κ3) is 3.92. The first-order valence-electron chi connectivity index (χ1n) is 7.61. The molecule has 1 atom stereocenters. The molecule has 2 rings (SSSR count). The molecule has 108 valence electrons. The molecule has 1 unspecified atom stereocenters. The zero-order chi connectivity index (χ0) is 13.9. The molecule has 0 aromatic heterocycles. The van der Waals surface area contributed by atoms with E-state index in [-0.39, 0.29) is 0 Å². The van der Waals surface area contributed by atoms with Crippen LogP contribution >= 0.6 is 0 Å². The van der Waals surface area contributed by atoms with Crippen molar-refractivity contribution >= 4 is 0 Å². The summed E-state index contributed by atoms with van der Waals surface area (Å²) in [5.74, 6) is 0.878. The number of hydrogen-bond donors (Lipinski definition) is 1. The van der Waals surface area contributed by atoms with Gasteiger partial charge in [-0.2, -0.15) is 5.26 Å². The lowest BCUT2D eigenvalue weighted by Crippen LogP contribution is -2.47. The molecule has 0 amide bonds. The molecule has 2 fully saturated rings. The van der Waals surface area contributed by atoms with Crippen molar-refractivity contribution in [2.45, 2.75) is 50.1 Å². The van der Waals surface area contributed by atoms with Crippen LogP contribution in [0.4, 0.5) is 0 Å². The number of nitriles is 1. The van der Waals surface area contributed by atoms with Crippen molar-refractivity contribution in [3.63, 3.8) is 0 Å². The Hall–Kier alpha value is -0.630. The first kappa shape index (κ1) is 14.8. The van der Waals surface area contributed by atoms with Gasteiger partial charge in [0, 0.05) is 12.6 Å². The van der Waals surface area contributed by atoms with Crippen LogP contribution in [0.5, 0.6) is 0 Å². The molecular weight excluding hydrogens is 236 g/mol. The van der Waals surface area contributed by atoms with Crippen molar-refractivity contribution in [2.75, 3.05) is 33.7 Å². The molecular formula is C15H28N4. The Morgan fingerprint density at radius 2 is 2.05 bits per heavy atom. The Bertz CT molecular complexity index is 328. The molecule has 4 heteroatoms. The standard InChI is InChI=1S/C15H28N4/c1-18-9-5-13(11-18)6-10-19(2)14-3-7-15(17,12-16)8-4-14/h13-14H,3-11,17H2,1-2H3. The summed E-state index contributed by atoms with van der Waals surface area (Å²) in [4.78, 5) is 4.93. The summed E-state index contributed by atoms with van der Waals surface area (Å²) in [5, 5.41) is 9.05. The van der Waals surface area contributed by atoms with Crippen molar-refractivity contribution < 1.29 is 0 Å². The fourth-order valence-corrected chi connectivity index (χ4v) is 3.50. The largest absolute Gasteiger partial charge is 0.313 e. The van der Waals surface area contributed by atoms with Gasteiger partial charge in [-0.25, -0.2) is 0 Å². The van der Waals surface area contributed by atoms with Crippen LogP contribution in [0, 0.1) is 17.2 Å². The molecule has 19 heavy (non-hydrogen) atoms. The Morgan fingerprint density at radius 3 is 2.58 bits per heavy atom. The molecule has 2 aliphatic rings. The summed E-state index contributed by atoms with van der Waals surface area (Å²) >= 11 is 0. The van der Waals surface area contributed by atoms with E-state index < -0.39 is 5.54 Å². The molecule has 1 saturated heterocycles. The second-order valence-electron chi connectivity index (χ2n) is 6.69. The maximum atomic E-state index is 9.05. The van der Waals surface area contributed by atoms with Gasteiger partial charge in [-0.05, 0) is 71.6 Å². The molecule has 2 N–H and O–H groups in total. The van der Waals surface area contributed by atoms with E-state index in [0.29, 0.717) is 6.04 Å². The highest BCUT2D eigenvalue weighted by Crippen LogP contribution is 2.29. The van der Waals surface area contributed by atoms with Crippen LogP contribution in [0.1, 0.15) is 38.5 Å². The molecule has 1 aliphatic heterocycles. The van der Waals surface area contributed by atoms with Crippen molar-refractivity contribution in [3.8, 4) is 6.07 Å². The maximum absolute atomic E-state index is 9.05. The molecule has 1 heterocycles. The van der Waals surface area contributed by atoms with E-state index in [0.717, 1.165) is 31.6 Å². The fraction of sp³-hybridized carbons (Fsp3) is 0.933. The molecule has 0 aromatic rings. The summed E-state index contributed by atoms with van der Waals surface area (Å²) in [6.07, 6.45) is 6.52. The van der Waals surface area contributed by atoms with E-state index in [1.54, 1.807) is 0 Å². The lowest BCUT2D eigenvalue weighted by Gasteiger charge is -2.37. The van der Waals surface area contributed by atoms with E-state index >= 15 is 0 Å². The van der Waals surface area contributed by atoms with E-state index in [9.17, 15) is 0 Å². The first-order chi connectivity index (χ1) is 9.02. The van der Waals surface area contributed by atoms with Crippen molar-refractivity contribution in [2.24, 2.45) is 11.7 Å². The van der Waals surface area contributed by atoms with Gasteiger partial charge in [-0.3, -0.25) is 0 Å². The van der Waals surface area contributed by atoms with Crippen LogP contribution in [0.25, 0.3) is 0 Å². The van der Waals surface area contributed by atoms with Gasteiger partial charge >= 0.3 is 0 Å². The van der Waals surface area contributed by atoms with E-state index in [1.807, 2.05) is 0 Å². The second kappa shape index (κ2) is 6.21. The number of likely N-dealkylation sites (tertiary alicyclic amines) is 1. The fourth-order valence-electron chi connectivity index (χ4n) is 3.50. The minimum atomic E-state index is -0.550. The summed E-state index contributed by atoms with van der Waals surface area (Å²) in [6, 6.07) is 2.90.